The lowest BCUT2D eigenvalue weighted by atomic mass is 10.1. The SMILES string of the molecule is N#Cc1ccccc1N1CCCN(CC(=O)NC(=O)NCc2ccccc2)CC1. The number of rotatable bonds is 5. The van der Waals surface area contributed by atoms with E-state index in [1.54, 1.807) is 0 Å². The van der Waals surface area contributed by atoms with Crippen molar-refractivity contribution in [2.45, 2.75) is 13.0 Å². The first-order valence-electron chi connectivity index (χ1n) is 9.74. The maximum absolute atomic E-state index is 12.2. The van der Waals surface area contributed by atoms with E-state index in [0.717, 1.165) is 37.3 Å². The van der Waals surface area contributed by atoms with Crippen molar-refractivity contribution in [3.8, 4) is 6.07 Å². The van der Waals surface area contributed by atoms with Crippen LogP contribution in [0.25, 0.3) is 0 Å². The lowest BCUT2D eigenvalue weighted by Gasteiger charge is -2.24. The summed E-state index contributed by atoms with van der Waals surface area (Å²) in [5.74, 6) is -0.318. The molecule has 1 aliphatic rings. The molecule has 3 amide bonds. The minimum Gasteiger partial charge on any atom is -0.369 e. The average Bonchev–Trinajstić information content (AvgIpc) is 2.98. The van der Waals surface area contributed by atoms with Crippen molar-refractivity contribution < 1.29 is 9.59 Å². The molecule has 0 aliphatic carbocycles. The molecule has 1 fully saturated rings. The molecule has 0 saturated carbocycles. The molecular formula is C22H25N5O2. The number of carbonyl (C=O) groups excluding carboxylic acids is 2. The molecule has 3 rings (SSSR count). The van der Waals surface area contributed by atoms with Crippen LogP contribution in [-0.2, 0) is 11.3 Å². The van der Waals surface area contributed by atoms with Crippen LogP contribution in [0.1, 0.15) is 17.5 Å². The molecule has 0 radical (unpaired) electrons. The Morgan fingerprint density at radius 3 is 2.52 bits per heavy atom. The van der Waals surface area contributed by atoms with Crippen molar-refractivity contribution in [1.29, 1.82) is 5.26 Å². The van der Waals surface area contributed by atoms with Gasteiger partial charge in [-0.3, -0.25) is 15.0 Å². The summed E-state index contributed by atoms with van der Waals surface area (Å²) in [6.45, 7) is 3.56. The summed E-state index contributed by atoms with van der Waals surface area (Å²) in [6, 6.07) is 18.9. The van der Waals surface area contributed by atoms with E-state index in [0.29, 0.717) is 18.7 Å². The molecule has 0 aromatic heterocycles. The molecule has 0 bridgehead atoms. The van der Waals surface area contributed by atoms with E-state index in [-0.39, 0.29) is 12.5 Å². The lowest BCUT2D eigenvalue weighted by molar-refractivity contribution is -0.121. The number of nitriles is 1. The van der Waals surface area contributed by atoms with Crippen LogP contribution in [0.3, 0.4) is 0 Å². The third-order valence-corrected chi connectivity index (χ3v) is 4.87. The quantitative estimate of drug-likeness (QED) is 0.815. The molecule has 7 heteroatoms. The minimum atomic E-state index is -0.488. The van der Waals surface area contributed by atoms with Crippen LogP contribution >= 0.6 is 0 Å². The van der Waals surface area contributed by atoms with Gasteiger partial charge >= 0.3 is 6.03 Å². The molecule has 2 aromatic carbocycles. The van der Waals surface area contributed by atoms with Gasteiger partial charge in [0, 0.05) is 32.7 Å². The van der Waals surface area contributed by atoms with Crippen molar-refractivity contribution >= 4 is 17.6 Å². The number of para-hydroxylation sites is 1. The number of benzene rings is 2. The van der Waals surface area contributed by atoms with Gasteiger partial charge in [-0.1, -0.05) is 42.5 Å². The lowest BCUT2D eigenvalue weighted by Crippen LogP contribution is -2.45. The van der Waals surface area contributed by atoms with Gasteiger partial charge in [0.15, 0.2) is 0 Å². The number of amides is 3. The van der Waals surface area contributed by atoms with Crippen LogP contribution in [0.15, 0.2) is 54.6 Å². The zero-order valence-corrected chi connectivity index (χ0v) is 16.3. The van der Waals surface area contributed by atoms with Crippen LogP contribution in [0.2, 0.25) is 0 Å². The van der Waals surface area contributed by atoms with Gasteiger partial charge in [0.2, 0.25) is 5.91 Å². The molecule has 150 valence electrons. The zero-order valence-electron chi connectivity index (χ0n) is 16.3. The molecule has 29 heavy (non-hydrogen) atoms. The highest BCUT2D eigenvalue weighted by Crippen LogP contribution is 2.21. The van der Waals surface area contributed by atoms with Crippen molar-refractivity contribution in [1.82, 2.24) is 15.5 Å². The fraction of sp³-hybridized carbons (Fsp3) is 0.318. The first-order valence-corrected chi connectivity index (χ1v) is 9.74. The molecular weight excluding hydrogens is 366 g/mol. The number of imide groups is 1. The summed E-state index contributed by atoms with van der Waals surface area (Å²) in [5, 5.41) is 14.4. The predicted molar refractivity (Wildman–Crippen MR) is 111 cm³/mol. The van der Waals surface area contributed by atoms with E-state index in [1.165, 1.54) is 0 Å². The molecule has 0 spiro atoms. The highest BCUT2D eigenvalue weighted by atomic mass is 16.2. The Kier molecular flexibility index (Phi) is 7.20. The second-order valence-corrected chi connectivity index (χ2v) is 6.96. The fourth-order valence-corrected chi connectivity index (χ4v) is 3.41. The number of nitrogens with one attached hydrogen (secondary N) is 2. The van der Waals surface area contributed by atoms with Gasteiger partial charge in [-0.05, 0) is 24.1 Å². The predicted octanol–water partition coefficient (Wildman–Crippen LogP) is 2.10. The Hall–Kier alpha value is -3.37. The van der Waals surface area contributed by atoms with Gasteiger partial charge in [-0.15, -0.1) is 0 Å². The number of hydrogen-bond donors (Lipinski definition) is 2. The number of nitrogens with zero attached hydrogens (tertiary/aromatic N) is 3. The van der Waals surface area contributed by atoms with E-state index in [4.69, 9.17) is 0 Å². The van der Waals surface area contributed by atoms with E-state index in [1.807, 2.05) is 59.5 Å². The Labute approximate surface area is 170 Å². The fourth-order valence-electron chi connectivity index (χ4n) is 3.41. The van der Waals surface area contributed by atoms with Gasteiger partial charge in [-0.2, -0.15) is 5.26 Å². The van der Waals surface area contributed by atoms with Crippen molar-refractivity contribution in [3.63, 3.8) is 0 Å². The number of hydrogen-bond acceptors (Lipinski definition) is 5. The first-order chi connectivity index (χ1) is 14.2. The van der Waals surface area contributed by atoms with Crippen LogP contribution < -0.4 is 15.5 Å². The number of urea groups is 1. The second-order valence-electron chi connectivity index (χ2n) is 6.96. The number of anilines is 1. The smallest absolute Gasteiger partial charge is 0.321 e. The van der Waals surface area contributed by atoms with Crippen molar-refractivity contribution in [3.05, 3.63) is 65.7 Å². The van der Waals surface area contributed by atoms with Gasteiger partial charge in [0.1, 0.15) is 6.07 Å². The zero-order chi connectivity index (χ0) is 20.5. The van der Waals surface area contributed by atoms with Crippen LogP contribution in [0, 0.1) is 11.3 Å². The monoisotopic (exact) mass is 391 g/mol. The Morgan fingerprint density at radius 2 is 1.72 bits per heavy atom. The maximum Gasteiger partial charge on any atom is 0.321 e. The van der Waals surface area contributed by atoms with Crippen LogP contribution in [0.5, 0.6) is 0 Å². The van der Waals surface area contributed by atoms with E-state index in [9.17, 15) is 14.9 Å². The topological polar surface area (TPSA) is 88.5 Å². The average molecular weight is 391 g/mol. The highest BCUT2D eigenvalue weighted by molar-refractivity contribution is 5.95. The molecule has 1 saturated heterocycles. The van der Waals surface area contributed by atoms with E-state index < -0.39 is 6.03 Å². The Balaban J connectivity index is 1.45. The van der Waals surface area contributed by atoms with E-state index >= 15 is 0 Å². The molecule has 0 unspecified atom stereocenters. The van der Waals surface area contributed by atoms with E-state index in [2.05, 4.69) is 21.6 Å². The Morgan fingerprint density at radius 1 is 0.966 bits per heavy atom. The van der Waals surface area contributed by atoms with Crippen LogP contribution in [-0.4, -0.2) is 49.6 Å². The summed E-state index contributed by atoms with van der Waals surface area (Å²) in [4.78, 5) is 28.4. The normalized spacial score (nSPS) is 14.5. The standard InChI is InChI=1S/C22H25N5O2/c23-15-19-9-4-5-10-20(19)27-12-6-11-26(13-14-27)17-21(28)25-22(29)24-16-18-7-2-1-3-8-18/h1-5,7-10H,6,11-14,16-17H2,(H2,24,25,28,29). The van der Waals surface area contributed by atoms with Crippen molar-refractivity contribution in [2.24, 2.45) is 0 Å². The highest BCUT2D eigenvalue weighted by Gasteiger charge is 2.19. The third kappa shape index (κ3) is 6.06. The minimum absolute atomic E-state index is 0.173. The van der Waals surface area contributed by atoms with Crippen molar-refractivity contribution in [2.75, 3.05) is 37.6 Å². The molecule has 2 aromatic rings. The first kappa shape index (κ1) is 20.4. The summed E-state index contributed by atoms with van der Waals surface area (Å²) in [7, 11) is 0. The maximum atomic E-state index is 12.2. The second kappa shape index (κ2) is 10.2. The molecule has 1 heterocycles. The van der Waals surface area contributed by atoms with Gasteiger partial charge in [0.05, 0.1) is 17.8 Å². The molecule has 2 N–H and O–H groups in total. The summed E-state index contributed by atoms with van der Waals surface area (Å²) >= 11 is 0. The van der Waals surface area contributed by atoms with Crippen LogP contribution in [0.4, 0.5) is 10.5 Å². The third-order valence-electron chi connectivity index (χ3n) is 4.87. The van der Waals surface area contributed by atoms with Gasteiger partial charge < -0.3 is 10.2 Å². The van der Waals surface area contributed by atoms with Gasteiger partial charge in [-0.25, -0.2) is 4.79 Å². The number of carbonyl (C=O) groups is 2. The molecule has 1 aliphatic heterocycles. The Bertz CT molecular complexity index is 878. The molecule has 7 nitrogen and oxygen atoms in total. The summed E-state index contributed by atoms with van der Waals surface area (Å²) in [5.41, 5.74) is 2.57. The summed E-state index contributed by atoms with van der Waals surface area (Å²) < 4.78 is 0. The van der Waals surface area contributed by atoms with Gasteiger partial charge in [0.25, 0.3) is 0 Å². The summed E-state index contributed by atoms with van der Waals surface area (Å²) in [6.07, 6.45) is 0.882. The molecule has 0 atom stereocenters. The largest absolute Gasteiger partial charge is 0.369 e.